The number of benzene rings is 3. The number of carbonyl (C=O) groups is 1. The van der Waals surface area contributed by atoms with E-state index >= 15 is 0 Å². The third kappa shape index (κ3) is 5.38. The van der Waals surface area contributed by atoms with Gasteiger partial charge < -0.3 is 9.15 Å². The number of carbonyl (C=O) groups excluding carboxylic acids is 1. The third-order valence-electron chi connectivity index (χ3n) is 6.88. The van der Waals surface area contributed by atoms with Gasteiger partial charge in [-0.05, 0) is 48.9 Å². The van der Waals surface area contributed by atoms with E-state index < -0.39 is 28.3 Å². The molecule has 0 N–H and O–H groups in total. The second-order valence-electron chi connectivity index (χ2n) is 9.60. The van der Waals surface area contributed by atoms with Gasteiger partial charge in [0.1, 0.15) is 17.3 Å². The van der Waals surface area contributed by atoms with E-state index in [1.54, 1.807) is 31.2 Å². The number of aromatic nitrogens is 1. The van der Waals surface area contributed by atoms with Gasteiger partial charge in [-0.15, -0.1) is 0 Å². The Morgan fingerprint density at radius 1 is 1.14 bits per heavy atom. The maximum Gasteiger partial charge on any atom is 0.338 e. The van der Waals surface area contributed by atoms with E-state index in [4.69, 9.17) is 25.7 Å². The molecule has 0 spiro atoms. The van der Waals surface area contributed by atoms with Crippen molar-refractivity contribution in [3.63, 3.8) is 0 Å². The minimum absolute atomic E-state index is 0.0948. The molecule has 220 valence electrons. The molecule has 0 aliphatic carbocycles. The van der Waals surface area contributed by atoms with Crippen molar-refractivity contribution in [3.8, 4) is 11.3 Å². The molecule has 0 saturated heterocycles. The first-order valence-electron chi connectivity index (χ1n) is 13.3. The van der Waals surface area contributed by atoms with E-state index in [2.05, 4.69) is 0 Å². The van der Waals surface area contributed by atoms with Crippen LogP contribution in [0.1, 0.15) is 29.9 Å². The first kappa shape index (κ1) is 29.0. The molecule has 9 nitrogen and oxygen atoms in total. The van der Waals surface area contributed by atoms with Gasteiger partial charge in [0.2, 0.25) is 0 Å². The fourth-order valence-electron chi connectivity index (χ4n) is 4.97. The molecular weight excluding hydrogens is 609 g/mol. The second-order valence-corrected chi connectivity index (χ2v) is 11.0. The molecule has 1 aliphatic heterocycles. The van der Waals surface area contributed by atoms with Crippen molar-refractivity contribution < 1.29 is 23.3 Å². The van der Waals surface area contributed by atoms with Gasteiger partial charge in [0, 0.05) is 22.7 Å². The largest absolute Gasteiger partial charge is 0.463 e. The number of rotatable bonds is 7. The molecular formula is C32H21ClFN3O6S. The van der Waals surface area contributed by atoms with Crippen LogP contribution >= 0.6 is 22.9 Å². The Balaban J connectivity index is 1.55. The number of nitro benzene ring substituents is 1. The number of furan rings is 1. The molecule has 12 heteroatoms. The highest BCUT2D eigenvalue weighted by Gasteiger charge is 2.35. The highest BCUT2D eigenvalue weighted by molar-refractivity contribution is 7.07. The third-order valence-corrected chi connectivity index (χ3v) is 8.10. The summed E-state index contributed by atoms with van der Waals surface area (Å²) >= 11 is 7.03. The average molecular weight is 630 g/mol. The van der Waals surface area contributed by atoms with E-state index in [1.165, 1.54) is 53.1 Å². The maximum absolute atomic E-state index is 14.0. The van der Waals surface area contributed by atoms with E-state index in [0.717, 1.165) is 11.3 Å². The van der Waals surface area contributed by atoms with Crippen LogP contribution in [0.4, 0.5) is 10.1 Å². The SMILES string of the molecule is CCOC(=O)C1=C(c2ccccc2)N=c2s/c(=C\c3ccc(-c4ccc(Cl)cc4[N+](=O)[O-])o3)c(=O)n2[C@@H]1c1ccc(F)cc1. The molecule has 44 heavy (non-hydrogen) atoms. The Bertz CT molecular complexity index is 2130. The predicted molar refractivity (Wildman–Crippen MR) is 163 cm³/mol. The Morgan fingerprint density at radius 2 is 1.89 bits per heavy atom. The standard InChI is InChI=1S/C32H21ClFN3O6S/c1-2-42-31(39)27-28(18-6-4-3-5-7-18)35-32-36(29(27)19-8-11-21(34)12-9-19)30(38)26(44-32)17-22-13-15-25(43-22)23-14-10-20(33)16-24(23)37(40)41/h3-17,29H,2H2,1H3/b26-17-/t29-/m1/s1. The Hall–Kier alpha value is -5.13. The number of hydrogen-bond donors (Lipinski definition) is 0. The fourth-order valence-corrected chi connectivity index (χ4v) is 6.12. The van der Waals surface area contributed by atoms with Crippen LogP contribution in [0.5, 0.6) is 0 Å². The van der Waals surface area contributed by atoms with Gasteiger partial charge in [-0.3, -0.25) is 19.5 Å². The number of halogens is 2. The van der Waals surface area contributed by atoms with Crippen molar-refractivity contribution in [2.75, 3.05) is 6.61 Å². The minimum Gasteiger partial charge on any atom is -0.463 e. The molecule has 2 aromatic heterocycles. The number of fused-ring (bicyclic) bond motifs is 1. The average Bonchev–Trinajstić information content (AvgIpc) is 3.61. The van der Waals surface area contributed by atoms with Crippen LogP contribution in [0.2, 0.25) is 5.02 Å². The molecule has 1 aliphatic rings. The van der Waals surface area contributed by atoms with E-state index in [9.17, 15) is 24.1 Å². The van der Waals surface area contributed by atoms with Crippen molar-refractivity contribution in [1.29, 1.82) is 0 Å². The maximum atomic E-state index is 14.0. The lowest BCUT2D eigenvalue weighted by Gasteiger charge is -2.25. The predicted octanol–water partition coefficient (Wildman–Crippen LogP) is 5.90. The van der Waals surface area contributed by atoms with Crippen LogP contribution in [-0.4, -0.2) is 22.1 Å². The van der Waals surface area contributed by atoms with E-state index in [-0.39, 0.29) is 44.5 Å². The number of hydrogen-bond acceptors (Lipinski definition) is 8. The Labute approximate surface area is 257 Å². The lowest BCUT2D eigenvalue weighted by atomic mass is 9.93. The van der Waals surface area contributed by atoms with Crippen LogP contribution in [0, 0.1) is 15.9 Å². The Morgan fingerprint density at radius 3 is 2.59 bits per heavy atom. The van der Waals surface area contributed by atoms with Gasteiger partial charge in [0.15, 0.2) is 4.80 Å². The molecule has 0 radical (unpaired) electrons. The van der Waals surface area contributed by atoms with Crippen molar-refractivity contribution in [3.05, 3.63) is 148 Å². The fraction of sp³-hybridized carbons (Fsp3) is 0.0938. The van der Waals surface area contributed by atoms with E-state index in [0.29, 0.717) is 21.6 Å². The summed E-state index contributed by atoms with van der Waals surface area (Å²) in [6, 6.07) is 21.0. The normalized spacial score (nSPS) is 14.7. The molecule has 3 heterocycles. The number of nitrogens with zero attached hydrogens (tertiary/aromatic N) is 3. The molecule has 1 atom stereocenters. The van der Waals surface area contributed by atoms with Gasteiger partial charge in [-0.25, -0.2) is 14.2 Å². The van der Waals surface area contributed by atoms with Crippen molar-refractivity contribution >= 4 is 46.4 Å². The summed E-state index contributed by atoms with van der Waals surface area (Å²) in [6.07, 6.45) is 1.51. The van der Waals surface area contributed by atoms with Crippen LogP contribution in [0.25, 0.3) is 23.1 Å². The van der Waals surface area contributed by atoms with Crippen LogP contribution in [0.15, 0.2) is 105 Å². The molecule has 0 amide bonds. The number of esters is 1. The van der Waals surface area contributed by atoms with Gasteiger partial charge in [-0.2, -0.15) is 0 Å². The molecule has 0 bridgehead atoms. The first-order valence-corrected chi connectivity index (χ1v) is 14.5. The summed E-state index contributed by atoms with van der Waals surface area (Å²) in [6.45, 7) is 1.77. The quantitative estimate of drug-likeness (QED) is 0.126. The molecule has 0 fully saturated rings. The molecule has 0 unspecified atom stereocenters. The van der Waals surface area contributed by atoms with Gasteiger partial charge >= 0.3 is 5.97 Å². The Kier molecular flexibility index (Phi) is 7.81. The highest BCUT2D eigenvalue weighted by Crippen LogP contribution is 2.36. The van der Waals surface area contributed by atoms with Crippen LogP contribution in [-0.2, 0) is 9.53 Å². The summed E-state index contributed by atoms with van der Waals surface area (Å²) in [5.74, 6) is -0.645. The molecule has 6 rings (SSSR count). The van der Waals surface area contributed by atoms with Gasteiger partial charge in [-0.1, -0.05) is 65.4 Å². The summed E-state index contributed by atoms with van der Waals surface area (Å²) in [7, 11) is 0. The number of nitro groups is 1. The number of ether oxygens (including phenoxy) is 1. The summed E-state index contributed by atoms with van der Waals surface area (Å²) in [5, 5.41) is 11.8. The zero-order valence-corrected chi connectivity index (χ0v) is 24.5. The minimum atomic E-state index is -0.966. The number of thiazole rings is 1. The lowest BCUT2D eigenvalue weighted by Crippen LogP contribution is -2.40. The highest BCUT2D eigenvalue weighted by atomic mass is 35.5. The zero-order chi connectivity index (χ0) is 31.0. The van der Waals surface area contributed by atoms with Gasteiger partial charge in [0.25, 0.3) is 11.2 Å². The smallest absolute Gasteiger partial charge is 0.338 e. The van der Waals surface area contributed by atoms with Gasteiger partial charge in [0.05, 0.1) is 38.9 Å². The summed E-state index contributed by atoms with van der Waals surface area (Å²) < 4.78 is 26.9. The van der Waals surface area contributed by atoms with Crippen LogP contribution in [0.3, 0.4) is 0 Å². The molecule has 0 saturated carbocycles. The molecule has 3 aromatic carbocycles. The zero-order valence-electron chi connectivity index (χ0n) is 22.9. The second kappa shape index (κ2) is 11.9. The summed E-state index contributed by atoms with van der Waals surface area (Å²) in [5.41, 5.74) is 1.13. The lowest BCUT2D eigenvalue weighted by molar-refractivity contribution is -0.384. The van der Waals surface area contributed by atoms with Crippen molar-refractivity contribution in [2.24, 2.45) is 4.99 Å². The molecule has 5 aromatic rings. The van der Waals surface area contributed by atoms with E-state index in [1.807, 2.05) is 18.2 Å². The monoisotopic (exact) mass is 629 g/mol. The first-order chi connectivity index (χ1) is 21.2. The van der Waals surface area contributed by atoms with Crippen molar-refractivity contribution in [1.82, 2.24) is 4.57 Å². The van der Waals surface area contributed by atoms with Crippen molar-refractivity contribution in [2.45, 2.75) is 13.0 Å². The van der Waals surface area contributed by atoms with Crippen LogP contribution < -0.4 is 14.9 Å². The summed E-state index contributed by atoms with van der Waals surface area (Å²) in [4.78, 5) is 43.6. The topological polar surface area (TPSA) is 117 Å².